The van der Waals surface area contributed by atoms with Crippen LogP contribution >= 0.6 is 0 Å². The smallest absolute Gasteiger partial charge is 0.241 e. The van der Waals surface area contributed by atoms with Crippen LogP contribution in [-0.4, -0.2) is 28.2 Å². The molecule has 1 aromatic carbocycles. The van der Waals surface area contributed by atoms with Crippen molar-refractivity contribution in [3.63, 3.8) is 0 Å². The largest absolute Gasteiger partial charge is 0.380 e. The molecule has 0 saturated carbocycles. The van der Waals surface area contributed by atoms with Crippen molar-refractivity contribution in [2.45, 2.75) is 25.3 Å². The van der Waals surface area contributed by atoms with Gasteiger partial charge in [0, 0.05) is 19.7 Å². The van der Waals surface area contributed by atoms with E-state index in [0.717, 1.165) is 6.07 Å². The van der Waals surface area contributed by atoms with Crippen LogP contribution in [0.3, 0.4) is 0 Å². The van der Waals surface area contributed by atoms with Gasteiger partial charge in [-0.15, -0.1) is 0 Å². The minimum absolute atomic E-state index is 0.0281. The van der Waals surface area contributed by atoms with E-state index in [-0.39, 0.29) is 24.6 Å². The molecule has 0 atom stereocenters. The predicted octanol–water partition coefficient (Wildman–Crippen LogP) is 1.24. The molecule has 5 nitrogen and oxygen atoms in total. The molecule has 0 saturated heterocycles. The van der Waals surface area contributed by atoms with Crippen molar-refractivity contribution in [2.24, 2.45) is 11.7 Å². The second-order valence-corrected chi connectivity index (χ2v) is 6.56. The maximum atomic E-state index is 13.2. The molecule has 0 fully saturated rings. The zero-order valence-corrected chi connectivity index (χ0v) is 12.5. The van der Waals surface area contributed by atoms with E-state index in [9.17, 15) is 12.8 Å². The first-order valence-corrected chi connectivity index (χ1v) is 7.91. The Labute approximate surface area is 119 Å². The third-order valence-corrected chi connectivity index (χ3v) is 4.07. The first kappa shape index (κ1) is 17.0. The third-order valence-electron chi connectivity index (χ3n) is 2.53. The van der Waals surface area contributed by atoms with Gasteiger partial charge in [0.2, 0.25) is 10.0 Å². The Morgan fingerprint density at radius 2 is 2.10 bits per heavy atom. The van der Waals surface area contributed by atoms with Gasteiger partial charge in [0.05, 0.1) is 11.5 Å². The molecule has 0 aliphatic carbocycles. The summed E-state index contributed by atoms with van der Waals surface area (Å²) in [5, 5.41) is 0. The molecule has 20 heavy (non-hydrogen) atoms. The second-order valence-electron chi connectivity index (χ2n) is 4.82. The molecule has 1 rings (SSSR count). The number of nitrogens with two attached hydrogens (primary N) is 1. The lowest BCUT2D eigenvalue weighted by Crippen LogP contribution is -2.29. The van der Waals surface area contributed by atoms with Crippen molar-refractivity contribution in [3.05, 3.63) is 29.6 Å². The van der Waals surface area contributed by atoms with E-state index in [2.05, 4.69) is 4.72 Å². The van der Waals surface area contributed by atoms with E-state index in [1.165, 1.54) is 12.1 Å². The number of sulfonamides is 1. The molecule has 3 N–H and O–H groups in total. The number of hydrogen-bond acceptors (Lipinski definition) is 4. The van der Waals surface area contributed by atoms with Gasteiger partial charge in [-0.2, -0.15) is 0 Å². The number of benzene rings is 1. The average molecular weight is 304 g/mol. The SMILES string of the molecule is CC(C)COCCNS(=O)(=O)c1cc(F)ccc1CN. The van der Waals surface area contributed by atoms with Crippen molar-refractivity contribution in [1.82, 2.24) is 4.72 Å². The van der Waals surface area contributed by atoms with Crippen LogP contribution in [-0.2, 0) is 21.3 Å². The number of halogens is 1. The van der Waals surface area contributed by atoms with E-state index < -0.39 is 15.8 Å². The van der Waals surface area contributed by atoms with Crippen molar-refractivity contribution in [1.29, 1.82) is 0 Å². The Morgan fingerprint density at radius 3 is 2.70 bits per heavy atom. The molecule has 0 aliphatic heterocycles. The predicted molar refractivity (Wildman–Crippen MR) is 75.1 cm³/mol. The van der Waals surface area contributed by atoms with Gasteiger partial charge in [-0.3, -0.25) is 0 Å². The third kappa shape index (κ3) is 5.16. The van der Waals surface area contributed by atoms with E-state index in [1.54, 1.807) is 0 Å². The lowest BCUT2D eigenvalue weighted by atomic mass is 10.2. The van der Waals surface area contributed by atoms with Gasteiger partial charge in [0.15, 0.2) is 0 Å². The van der Waals surface area contributed by atoms with Crippen LogP contribution in [0.5, 0.6) is 0 Å². The Kier molecular flexibility index (Phi) is 6.54. The molecule has 0 bridgehead atoms. The Balaban J connectivity index is 2.67. The highest BCUT2D eigenvalue weighted by Crippen LogP contribution is 2.16. The number of nitrogens with one attached hydrogen (secondary N) is 1. The molecule has 0 unspecified atom stereocenters. The van der Waals surface area contributed by atoms with Gasteiger partial charge in [-0.05, 0) is 23.6 Å². The number of rotatable bonds is 8. The normalized spacial score (nSPS) is 12.1. The van der Waals surface area contributed by atoms with Crippen LogP contribution in [0, 0.1) is 11.7 Å². The van der Waals surface area contributed by atoms with Crippen LogP contribution in [0.4, 0.5) is 4.39 Å². The van der Waals surface area contributed by atoms with Gasteiger partial charge in [-0.1, -0.05) is 19.9 Å². The average Bonchev–Trinajstić information content (AvgIpc) is 2.37. The fourth-order valence-corrected chi connectivity index (χ4v) is 2.86. The van der Waals surface area contributed by atoms with Crippen LogP contribution in [0.15, 0.2) is 23.1 Å². The molecule has 114 valence electrons. The standard InChI is InChI=1S/C13H21FN2O3S/c1-10(2)9-19-6-5-16-20(17,18)13-7-12(14)4-3-11(13)8-15/h3-4,7,10,16H,5-6,8-9,15H2,1-2H3. The summed E-state index contributed by atoms with van der Waals surface area (Å²) in [6, 6.07) is 3.53. The first-order valence-electron chi connectivity index (χ1n) is 6.42. The van der Waals surface area contributed by atoms with Crippen LogP contribution < -0.4 is 10.5 Å². The summed E-state index contributed by atoms with van der Waals surface area (Å²) in [6.07, 6.45) is 0. The molecule has 0 amide bonds. The maximum Gasteiger partial charge on any atom is 0.241 e. The van der Waals surface area contributed by atoms with Gasteiger partial charge in [0.25, 0.3) is 0 Å². The Morgan fingerprint density at radius 1 is 1.40 bits per heavy atom. The summed E-state index contributed by atoms with van der Waals surface area (Å²) < 4.78 is 45.0. The van der Waals surface area contributed by atoms with E-state index >= 15 is 0 Å². The zero-order valence-electron chi connectivity index (χ0n) is 11.7. The van der Waals surface area contributed by atoms with Crippen LogP contribution in [0.25, 0.3) is 0 Å². The van der Waals surface area contributed by atoms with Gasteiger partial charge < -0.3 is 10.5 Å². The quantitative estimate of drug-likeness (QED) is 0.708. The summed E-state index contributed by atoms with van der Waals surface area (Å²) >= 11 is 0. The summed E-state index contributed by atoms with van der Waals surface area (Å²) in [5.74, 6) is -0.225. The monoisotopic (exact) mass is 304 g/mol. The van der Waals surface area contributed by atoms with Gasteiger partial charge in [-0.25, -0.2) is 17.5 Å². The van der Waals surface area contributed by atoms with Crippen molar-refractivity contribution in [2.75, 3.05) is 19.8 Å². The molecule has 1 aromatic rings. The summed E-state index contributed by atoms with van der Waals surface area (Å²) in [4.78, 5) is -0.121. The highest BCUT2D eigenvalue weighted by atomic mass is 32.2. The van der Waals surface area contributed by atoms with Gasteiger partial charge in [0.1, 0.15) is 5.82 Å². The molecule has 0 aliphatic rings. The molecule has 0 spiro atoms. The highest BCUT2D eigenvalue weighted by Gasteiger charge is 2.18. The zero-order chi connectivity index (χ0) is 15.2. The summed E-state index contributed by atoms with van der Waals surface area (Å²) in [5.41, 5.74) is 5.84. The molecule has 0 radical (unpaired) electrons. The molecule has 0 heterocycles. The fraction of sp³-hybridized carbons (Fsp3) is 0.538. The van der Waals surface area contributed by atoms with Crippen molar-refractivity contribution < 1.29 is 17.5 Å². The highest BCUT2D eigenvalue weighted by molar-refractivity contribution is 7.89. The molecule has 7 heteroatoms. The van der Waals surface area contributed by atoms with Crippen LogP contribution in [0.2, 0.25) is 0 Å². The molecular formula is C13H21FN2O3S. The lowest BCUT2D eigenvalue weighted by Gasteiger charge is -2.11. The minimum atomic E-state index is -3.78. The number of hydrogen-bond donors (Lipinski definition) is 2. The van der Waals surface area contributed by atoms with Crippen molar-refractivity contribution >= 4 is 10.0 Å². The Hall–Kier alpha value is -1.02. The van der Waals surface area contributed by atoms with Crippen molar-refractivity contribution in [3.8, 4) is 0 Å². The van der Waals surface area contributed by atoms with E-state index in [0.29, 0.717) is 18.1 Å². The second kappa shape index (κ2) is 7.68. The minimum Gasteiger partial charge on any atom is -0.380 e. The first-order chi connectivity index (χ1) is 9.36. The maximum absolute atomic E-state index is 13.2. The van der Waals surface area contributed by atoms with E-state index in [4.69, 9.17) is 10.5 Å². The molecule has 0 aromatic heterocycles. The molecular weight excluding hydrogens is 283 g/mol. The fourth-order valence-electron chi connectivity index (χ4n) is 1.59. The summed E-state index contributed by atoms with van der Waals surface area (Å²) in [6.45, 7) is 5.01. The van der Waals surface area contributed by atoms with Gasteiger partial charge >= 0.3 is 0 Å². The van der Waals surface area contributed by atoms with E-state index in [1.807, 2.05) is 13.8 Å². The Bertz CT molecular complexity index is 532. The summed E-state index contributed by atoms with van der Waals surface area (Å²) in [7, 11) is -3.78. The lowest BCUT2D eigenvalue weighted by molar-refractivity contribution is 0.114. The number of ether oxygens (including phenoxy) is 1. The topological polar surface area (TPSA) is 81.4 Å². The van der Waals surface area contributed by atoms with Crippen LogP contribution in [0.1, 0.15) is 19.4 Å².